The van der Waals surface area contributed by atoms with Crippen LogP contribution in [0.15, 0.2) is 11.4 Å². The standard InChI is InChI=1S/C13H20N2S/c1-2-15(10-8-14-9-10)12-4-3-5-13-11(12)6-7-16-13/h6-7,10,12,14H,2-5,8-9H2,1H3. The number of likely N-dealkylation sites (N-methyl/N-ethyl adjacent to an activating group) is 1. The van der Waals surface area contributed by atoms with Gasteiger partial charge in [-0.05, 0) is 42.8 Å². The predicted octanol–water partition coefficient (Wildman–Crippen LogP) is 2.42. The van der Waals surface area contributed by atoms with Crippen LogP contribution < -0.4 is 5.32 Å². The van der Waals surface area contributed by atoms with Crippen LogP contribution in [0.1, 0.15) is 36.2 Å². The first kappa shape index (κ1) is 10.8. The van der Waals surface area contributed by atoms with Crippen molar-refractivity contribution in [3.05, 3.63) is 21.9 Å². The highest BCUT2D eigenvalue weighted by Crippen LogP contribution is 2.38. The first-order valence-electron chi connectivity index (χ1n) is 6.43. The molecule has 3 rings (SSSR count). The molecule has 1 atom stereocenters. The van der Waals surface area contributed by atoms with Crippen LogP contribution in [0.5, 0.6) is 0 Å². The molecule has 1 N–H and O–H groups in total. The maximum atomic E-state index is 3.39. The summed E-state index contributed by atoms with van der Waals surface area (Å²) in [5, 5.41) is 5.67. The van der Waals surface area contributed by atoms with Crippen molar-refractivity contribution >= 4 is 11.3 Å². The van der Waals surface area contributed by atoms with Crippen LogP contribution in [0.2, 0.25) is 0 Å². The molecule has 1 aromatic rings. The maximum Gasteiger partial charge on any atom is 0.0363 e. The fourth-order valence-corrected chi connectivity index (χ4v) is 4.03. The maximum absolute atomic E-state index is 3.39. The van der Waals surface area contributed by atoms with E-state index in [0.717, 1.165) is 6.04 Å². The summed E-state index contributed by atoms with van der Waals surface area (Å²) in [6.07, 6.45) is 4.03. The number of hydrogen-bond acceptors (Lipinski definition) is 3. The summed E-state index contributed by atoms with van der Waals surface area (Å²) in [6, 6.07) is 3.84. The van der Waals surface area contributed by atoms with Gasteiger partial charge in [-0.15, -0.1) is 11.3 Å². The Morgan fingerprint density at radius 2 is 2.38 bits per heavy atom. The van der Waals surface area contributed by atoms with Crippen molar-refractivity contribution in [3.63, 3.8) is 0 Å². The van der Waals surface area contributed by atoms with Crippen LogP contribution >= 0.6 is 11.3 Å². The molecular formula is C13H20N2S. The van der Waals surface area contributed by atoms with E-state index in [4.69, 9.17) is 0 Å². The lowest BCUT2D eigenvalue weighted by atomic mass is 9.91. The van der Waals surface area contributed by atoms with Gasteiger partial charge in [-0.3, -0.25) is 4.90 Å². The molecule has 1 fully saturated rings. The third kappa shape index (κ3) is 1.71. The minimum absolute atomic E-state index is 0.701. The zero-order valence-corrected chi connectivity index (χ0v) is 10.7. The van der Waals surface area contributed by atoms with Crippen LogP contribution in [0.3, 0.4) is 0 Å². The average Bonchev–Trinajstić information content (AvgIpc) is 2.70. The largest absolute Gasteiger partial charge is 0.314 e. The quantitative estimate of drug-likeness (QED) is 0.867. The first-order valence-corrected chi connectivity index (χ1v) is 7.31. The van der Waals surface area contributed by atoms with Crippen molar-refractivity contribution in [1.82, 2.24) is 10.2 Å². The third-order valence-corrected chi connectivity index (χ3v) is 5.01. The molecule has 0 saturated carbocycles. The van der Waals surface area contributed by atoms with Gasteiger partial charge in [0.15, 0.2) is 0 Å². The Balaban J connectivity index is 1.84. The van der Waals surface area contributed by atoms with Crippen molar-refractivity contribution in [2.24, 2.45) is 0 Å². The summed E-state index contributed by atoms with van der Waals surface area (Å²) < 4.78 is 0. The molecule has 0 bridgehead atoms. The predicted molar refractivity (Wildman–Crippen MR) is 69.0 cm³/mol. The van der Waals surface area contributed by atoms with Gasteiger partial charge in [-0.1, -0.05) is 6.92 Å². The topological polar surface area (TPSA) is 15.3 Å². The van der Waals surface area contributed by atoms with Crippen LogP contribution in [-0.2, 0) is 6.42 Å². The number of nitrogens with one attached hydrogen (secondary N) is 1. The molecule has 0 amide bonds. The van der Waals surface area contributed by atoms with Gasteiger partial charge in [-0.2, -0.15) is 0 Å². The zero-order chi connectivity index (χ0) is 11.0. The van der Waals surface area contributed by atoms with Crippen LogP contribution in [0.4, 0.5) is 0 Å². The van der Waals surface area contributed by atoms with Gasteiger partial charge in [0.1, 0.15) is 0 Å². The van der Waals surface area contributed by atoms with E-state index >= 15 is 0 Å². The van der Waals surface area contributed by atoms with Crippen LogP contribution in [0, 0.1) is 0 Å². The Morgan fingerprint density at radius 3 is 3.06 bits per heavy atom. The second-order valence-corrected chi connectivity index (χ2v) is 5.85. The Morgan fingerprint density at radius 1 is 1.50 bits per heavy atom. The molecule has 1 unspecified atom stereocenters. The van der Waals surface area contributed by atoms with Crippen molar-refractivity contribution in [1.29, 1.82) is 0 Å². The first-order chi connectivity index (χ1) is 7.90. The van der Waals surface area contributed by atoms with E-state index in [9.17, 15) is 0 Å². The molecule has 3 heteroatoms. The zero-order valence-electron chi connectivity index (χ0n) is 9.91. The molecule has 16 heavy (non-hydrogen) atoms. The summed E-state index contributed by atoms with van der Waals surface area (Å²) >= 11 is 1.95. The lowest BCUT2D eigenvalue weighted by Gasteiger charge is -2.43. The SMILES string of the molecule is CCN(C1CNC1)C1CCCc2sccc21. The van der Waals surface area contributed by atoms with Crippen LogP contribution in [0.25, 0.3) is 0 Å². The summed E-state index contributed by atoms with van der Waals surface area (Å²) in [5.41, 5.74) is 1.63. The Hall–Kier alpha value is -0.380. The van der Waals surface area contributed by atoms with Gasteiger partial charge >= 0.3 is 0 Å². The van der Waals surface area contributed by atoms with Gasteiger partial charge in [0.05, 0.1) is 0 Å². The molecule has 1 saturated heterocycles. The second-order valence-electron chi connectivity index (χ2n) is 4.85. The van der Waals surface area contributed by atoms with Gasteiger partial charge in [0.25, 0.3) is 0 Å². The fourth-order valence-electron chi connectivity index (χ4n) is 3.05. The molecular weight excluding hydrogens is 216 g/mol. The summed E-state index contributed by atoms with van der Waals surface area (Å²) in [5.74, 6) is 0. The fraction of sp³-hybridized carbons (Fsp3) is 0.692. The molecule has 1 aliphatic carbocycles. The second kappa shape index (κ2) is 4.47. The Kier molecular flexibility index (Phi) is 3.01. The lowest BCUT2D eigenvalue weighted by Crippen LogP contribution is -2.58. The molecule has 0 radical (unpaired) electrons. The highest BCUT2D eigenvalue weighted by molar-refractivity contribution is 7.10. The summed E-state index contributed by atoms with van der Waals surface area (Å²) in [6.45, 7) is 5.86. The molecule has 88 valence electrons. The van der Waals surface area contributed by atoms with Crippen molar-refractivity contribution in [2.75, 3.05) is 19.6 Å². The molecule has 2 heterocycles. The average molecular weight is 236 g/mol. The van der Waals surface area contributed by atoms with Gasteiger partial charge in [0, 0.05) is 30.1 Å². The van der Waals surface area contributed by atoms with E-state index < -0.39 is 0 Å². The minimum Gasteiger partial charge on any atom is -0.314 e. The molecule has 1 aliphatic heterocycles. The molecule has 0 aromatic carbocycles. The molecule has 2 nitrogen and oxygen atoms in total. The molecule has 1 aromatic heterocycles. The number of fused-ring (bicyclic) bond motifs is 1. The Labute approximate surface area is 102 Å². The monoisotopic (exact) mass is 236 g/mol. The van der Waals surface area contributed by atoms with E-state index in [1.54, 1.807) is 10.4 Å². The highest BCUT2D eigenvalue weighted by atomic mass is 32.1. The lowest BCUT2D eigenvalue weighted by molar-refractivity contribution is 0.0911. The van der Waals surface area contributed by atoms with E-state index in [2.05, 4.69) is 28.6 Å². The number of thiophene rings is 1. The molecule has 2 aliphatic rings. The Bertz CT molecular complexity index is 357. The number of aryl methyl sites for hydroxylation is 1. The number of rotatable bonds is 3. The normalized spacial score (nSPS) is 25.5. The van der Waals surface area contributed by atoms with Crippen LogP contribution in [-0.4, -0.2) is 30.6 Å². The number of nitrogens with zero attached hydrogens (tertiary/aromatic N) is 1. The molecule has 0 spiro atoms. The van der Waals surface area contributed by atoms with Crippen molar-refractivity contribution in [2.45, 2.75) is 38.3 Å². The van der Waals surface area contributed by atoms with Crippen molar-refractivity contribution in [3.8, 4) is 0 Å². The van der Waals surface area contributed by atoms with Gasteiger partial charge in [-0.25, -0.2) is 0 Å². The number of hydrogen-bond donors (Lipinski definition) is 1. The van der Waals surface area contributed by atoms with E-state index in [1.165, 1.54) is 38.9 Å². The van der Waals surface area contributed by atoms with E-state index in [1.807, 2.05) is 11.3 Å². The smallest absolute Gasteiger partial charge is 0.0363 e. The minimum atomic E-state index is 0.701. The van der Waals surface area contributed by atoms with Gasteiger partial charge in [0.2, 0.25) is 0 Å². The highest BCUT2D eigenvalue weighted by Gasteiger charge is 2.32. The van der Waals surface area contributed by atoms with E-state index in [0.29, 0.717) is 6.04 Å². The third-order valence-electron chi connectivity index (χ3n) is 4.01. The van der Waals surface area contributed by atoms with E-state index in [-0.39, 0.29) is 0 Å². The van der Waals surface area contributed by atoms with Gasteiger partial charge < -0.3 is 5.32 Å². The summed E-state index contributed by atoms with van der Waals surface area (Å²) in [4.78, 5) is 4.35. The van der Waals surface area contributed by atoms with Crippen molar-refractivity contribution < 1.29 is 0 Å². The summed E-state index contributed by atoms with van der Waals surface area (Å²) in [7, 11) is 0.